The first-order valence-corrected chi connectivity index (χ1v) is 22.2. The van der Waals surface area contributed by atoms with E-state index in [1.54, 1.807) is 0 Å². The lowest BCUT2D eigenvalue weighted by atomic mass is 9.97. The molecule has 0 amide bonds. The van der Waals surface area contributed by atoms with Crippen LogP contribution in [0.4, 0.5) is 17.1 Å². The van der Waals surface area contributed by atoms with Gasteiger partial charge in [-0.3, -0.25) is 0 Å². The number of nitrogens with zero attached hydrogens (tertiary/aromatic N) is 2. The van der Waals surface area contributed by atoms with Crippen molar-refractivity contribution in [3.63, 3.8) is 0 Å². The van der Waals surface area contributed by atoms with Crippen LogP contribution in [-0.2, 0) is 0 Å². The van der Waals surface area contributed by atoms with Gasteiger partial charge in [0.1, 0.15) is 11.2 Å². The van der Waals surface area contributed by atoms with Crippen molar-refractivity contribution in [2.75, 3.05) is 4.90 Å². The molecule has 2 heterocycles. The number of aromatic nitrogens is 1. The molecule has 13 rings (SSSR count). The van der Waals surface area contributed by atoms with Gasteiger partial charge in [-0.15, -0.1) is 0 Å². The number of fused-ring (bicyclic) bond motifs is 9. The molecule has 3 nitrogen and oxygen atoms in total. The molecule has 0 unspecified atom stereocenters. The number of hydrogen-bond acceptors (Lipinski definition) is 2. The van der Waals surface area contributed by atoms with Gasteiger partial charge in [-0.05, 0) is 122 Å². The number of anilines is 3. The fourth-order valence-corrected chi connectivity index (χ4v) is 10.2. The third kappa shape index (κ3) is 6.12. The van der Waals surface area contributed by atoms with Gasteiger partial charge in [-0.25, -0.2) is 0 Å². The molecule has 2 aromatic heterocycles. The molecule has 13 aromatic rings. The van der Waals surface area contributed by atoms with Crippen molar-refractivity contribution in [2.45, 2.75) is 0 Å². The second kappa shape index (κ2) is 15.0. The molecule has 0 bridgehead atoms. The molecule has 0 radical (unpaired) electrons. The van der Waals surface area contributed by atoms with Crippen molar-refractivity contribution < 1.29 is 4.42 Å². The van der Waals surface area contributed by atoms with E-state index in [0.29, 0.717) is 0 Å². The molecule has 3 heteroatoms. The van der Waals surface area contributed by atoms with Gasteiger partial charge >= 0.3 is 0 Å². The van der Waals surface area contributed by atoms with E-state index in [2.05, 4.69) is 240 Å². The minimum atomic E-state index is 0.896. The molecular formula is C62H40N2O. The summed E-state index contributed by atoms with van der Waals surface area (Å²) in [5.41, 5.74) is 15.5. The molecule has 0 spiro atoms. The lowest BCUT2D eigenvalue weighted by molar-refractivity contribution is 0.669. The van der Waals surface area contributed by atoms with Crippen molar-refractivity contribution in [3.05, 3.63) is 243 Å². The van der Waals surface area contributed by atoms with Crippen LogP contribution in [0, 0.1) is 0 Å². The molecule has 0 fully saturated rings. The van der Waals surface area contributed by atoms with Gasteiger partial charge in [0.05, 0.1) is 16.7 Å². The van der Waals surface area contributed by atoms with E-state index in [9.17, 15) is 0 Å². The Bertz CT molecular complexity index is 3900. The third-order valence-electron chi connectivity index (χ3n) is 13.2. The van der Waals surface area contributed by atoms with E-state index >= 15 is 0 Å². The number of benzene rings is 11. The number of hydrogen-bond donors (Lipinski definition) is 0. The molecule has 0 atom stereocenters. The maximum atomic E-state index is 6.28. The van der Waals surface area contributed by atoms with Crippen LogP contribution in [0.25, 0.3) is 104 Å². The molecule has 0 aliphatic carbocycles. The summed E-state index contributed by atoms with van der Waals surface area (Å²) in [4.78, 5) is 2.37. The highest BCUT2D eigenvalue weighted by Gasteiger charge is 2.19. The maximum Gasteiger partial charge on any atom is 0.136 e. The van der Waals surface area contributed by atoms with Crippen LogP contribution in [0.15, 0.2) is 247 Å². The molecule has 65 heavy (non-hydrogen) atoms. The summed E-state index contributed by atoms with van der Waals surface area (Å²) < 4.78 is 8.69. The van der Waals surface area contributed by atoms with Gasteiger partial charge in [-0.1, -0.05) is 170 Å². The van der Waals surface area contributed by atoms with Crippen LogP contribution in [-0.4, -0.2) is 4.57 Å². The van der Waals surface area contributed by atoms with Crippen molar-refractivity contribution in [1.82, 2.24) is 4.57 Å². The summed E-state index contributed by atoms with van der Waals surface area (Å²) in [6, 6.07) is 87.8. The van der Waals surface area contributed by atoms with E-state index in [4.69, 9.17) is 4.42 Å². The second-order valence-electron chi connectivity index (χ2n) is 16.9. The summed E-state index contributed by atoms with van der Waals surface area (Å²) in [6.07, 6.45) is 0. The molecular weight excluding hydrogens is 789 g/mol. The summed E-state index contributed by atoms with van der Waals surface area (Å²) in [7, 11) is 0. The van der Waals surface area contributed by atoms with Crippen molar-refractivity contribution in [2.24, 2.45) is 0 Å². The first-order valence-electron chi connectivity index (χ1n) is 22.2. The topological polar surface area (TPSA) is 21.3 Å². The van der Waals surface area contributed by atoms with E-state index in [1.165, 1.54) is 54.5 Å². The number of rotatable bonds is 7. The highest BCUT2D eigenvalue weighted by Crippen LogP contribution is 2.42. The highest BCUT2D eigenvalue weighted by atomic mass is 16.3. The van der Waals surface area contributed by atoms with Crippen molar-refractivity contribution in [3.8, 4) is 39.1 Å². The van der Waals surface area contributed by atoms with Crippen LogP contribution < -0.4 is 4.90 Å². The van der Waals surface area contributed by atoms with Crippen molar-refractivity contribution >= 4 is 82.4 Å². The first kappa shape index (κ1) is 36.9. The van der Waals surface area contributed by atoms with Crippen LogP contribution in [0.5, 0.6) is 0 Å². The van der Waals surface area contributed by atoms with E-state index in [1.807, 2.05) is 12.1 Å². The first-order chi connectivity index (χ1) is 32.2. The largest absolute Gasteiger partial charge is 0.456 e. The van der Waals surface area contributed by atoms with E-state index < -0.39 is 0 Å². The summed E-state index contributed by atoms with van der Waals surface area (Å²) in [5, 5.41) is 9.81. The fourth-order valence-electron chi connectivity index (χ4n) is 10.2. The van der Waals surface area contributed by atoms with Gasteiger partial charge in [0, 0.05) is 44.2 Å². The lowest BCUT2D eigenvalue weighted by Crippen LogP contribution is -2.10. The van der Waals surface area contributed by atoms with E-state index in [0.717, 1.165) is 66.9 Å². The summed E-state index contributed by atoms with van der Waals surface area (Å²) >= 11 is 0. The monoisotopic (exact) mass is 828 g/mol. The Labute approximate surface area is 376 Å². The SMILES string of the molecule is c1cc(-c2ccc3c(ccc4ccccc43)c2)cc(N(c2ccc(-c3ccccc3-n3c4ccccc4c4ccccc43)cc2)c2ccc(-c3cccc4oc5ccccc5c34)cc2)c1. The third-order valence-corrected chi connectivity index (χ3v) is 13.2. The Morgan fingerprint density at radius 1 is 0.308 bits per heavy atom. The molecule has 11 aromatic carbocycles. The quantitative estimate of drug-likeness (QED) is 0.149. The van der Waals surface area contributed by atoms with Gasteiger partial charge in [0.2, 0.25) is 0 Å². The molecule has 0 saturated carbocycles. The Hall–Kier alpha value is -8.66. The Morgan fingerprint density at radius 3 is 1.62 bits per heavy atom. The molecule has 0 aliphatic rings. The van der Waals surface area contributed by atoms with Crippen LogP contribution >= 0.6 is 0 Å². The smallest absolute Gasteiger partial charge is 0.136 e. The minimum Gasteiger partial charge on any atom is -0.456 e. The van der Waals surface area contributed by atoms with Gasteiger partial charge < -0.3 is 13.9 Å². The number of para-hydroxylation sites is 4. The average Bonchev–Trinajstić information content (AvgIpc) is 3.93. The summed E-state index contributed by atoms with van der Waals surface area (Å²) in [6.45, 7) is 0. The average molecular weight is 829 g/mol. The maximum absolute atomic E-state index is 6.28. The minimum absolute atomic E-state index is 0.896. The van der Waals surface area contributed by atoms with Crippen LogP contribution in [0.2, 0.25) is 0 Å². The Morgan fingerprint density at radius 2 is 0.846 bits per heavy atom. The van der Waals surface area contributed by atoms with Gasteiger partial charge in [-0.2, -0.15) is 0 Å². The van der Waals surface area contributed by atoms with E-state index in [-0.39, 0.29) is 0 Å². The Balaban J connectivity index is 0.930. The van der Waals surface area contributed by atoms with Gasteiger partial charge in [0.25, 0.3) is 0 Å². The molecule has 304 valence electrons. The van der Waals surface area contributed by atoms with Crippen LogP contribution in [0.3, 0.4) is 0 Å². The zero-order chi connectivity index (χ0) is 42.8. The predicted octanol–water partition coefficient (Wildman–Crippen LogP) is 17.5. The standard InChI is InChI=1S/C62H40N2O/c1-2-16-50-41(13-1)27-28-46-39-45(33-38-51(46)50)44-14-11-15-49(40-44)63(48-36-31-43(32-37-48)53-21-12-26-61-62(53)56-20-6-10-25-60(56)65-61)47-34-29-42(30-35-47)52-17-3-7-22-57(52)64-58-23-8-4-18-54(58)55-19-5-9-24-59(55)64/h1-40H. The zero-order valence-electron chi connectivity index (χ0n) is 35.4. The van der Waals surface area contributed by atoms with Gasteiger partial charge in [0.15, 0.2) is 0 Å². The van der Waals surface area contributed by atoms with Crippen LogP contribution in [0.1, 0.15) is 0 Å². The Kier molecular flexibility index (Phi) is 8.53. The molecule has 0 N–H and O–H groups in total. The second-order valence-corrected chi connectivity index (χ2v) is 16.9. The van der Waals surface area contributed by atoms with Crippen molar-refractivity contribution in [1.29, 1.82) is 0 Å². The molecule has 0 aliphatic heterocycles. The summed E-state index contributed by atoms with van der Waals surface area (Å²) in [5.74, 6) is 0. The predicted molar refractivity (Wildman–Crippen MR) is 274 cm³/mol. The number of furan rings is 1. The lowest BCUT2D eigenvalue weighted by Gasteiger charge is -2.26. The normalized spacial score (nSPS) is 11.7. The zero-order valence-corrected chi connectivity index (χ0v) is 35.4. The molecule has 0 saturated heterocycles. The fraction of sp³-hybridized carbons (Fsp3) is 0. The highest BCUT2D eigenvalue weighted by molar-refractivity contribution is 6.13.